The van der Waals surface area contributed by atoms with Crippen molar-refractivity contribution >= 4 is 35.5 Å². The lowest BCUT2D eigenvalue weighted by Crippen LogP contribution is -2.17. The molecule has 2 heterocycles. The van der Waals surface area contributed by atoms with E-state index in [-0.39, 0.29) is 5.82 Å². The van der Waals surface area contributed by atoms with Crippen LogP contribution in [0.4, 0.5) is 13.2 Å². The third-order valence-electron chi connectivity index (χ3n) is 2.40. The minimum Gasteiger partial charge on any atom is -0.478 e. The number of hydrogen-bond acceptors (Lipinski definition) is 4. The Labute approximate surface area is 127 Å². The highest BCUT2D eigenvalue weighted by Gasteiger charge is 2.28. The molecule has 0 amide bonds. The number of carboxylic acids is 1. The summed E-state index contributed by atoms with van der Waals surface area (Å²) < 4.78 is 38.1. The van der Waals surface area contributed by atoms with E-state index < -0.39 is 18.7 Å². The lowest BCUT2D eigenvalue weighted by molar-refractivity contribution is -0.140. The van der Waals surface area contributed by atoms with Gasteiger partial charge >= 0.3 is 12.1 Å². The van der Waals surface area contributed by atoms with Crippen LogP contribution in [0.3, 0.4) is 0 Å². The van der Waals surface area contributed by atoms with E-state index in [4.69, 9.17) is 5.11 Å². The molecule has 0 saturated heterocycles. The number of nitrogens with zero attached hydrogens (tertiary/aromatic N) is 3. The molecule has 2 aromatic heterocycles. The minimum atomic E-state index is -4.32. The molecule has 0 aliphatic carbocycles. The molecule has 2 aromatic rings. The highest BCUT2D eigenvalue weighted by molar-refractivity contribution is 7.13. The summed E-state index contributed by atoms with van der Waals surface area (Å²) in [4.78, 5) is 18.9. The number of carboxylic acid groups (broad SMARTS) is 1. The zero-order chi connectivity index (χ0) is 16.2. The first kappa shape index (κ1) is 16.0. The van der Waals surface area contributed by atoms with Crippen molar-refractivity contribution in [3.8, 4) is 0 Å². The predicted octanol–water partition coefficient (Wildman–Crippen LogP) is 3.17. The maximum Gasteiger partial charge on any atom is 0.406 e. The molecule has 9 heteroatoms. The summed E-state index contributed by atoms with van der Waals surface area (Å²) in [6.45, 7) is -1.11. The van der Waals surface area contributed by atoms with Gasteiger partial charge in [-0.25, -0.2) is 14.8 Å². The quantitative estimate of drug-likeness (QED) is 0.856. The van der Waals surface area contributed by atoms with Gasteiger partial charge in [0.25, 0.3) is 0 Å². The number of thiazole rings is 1. The van der Waals surface area contributed by atoms with E-state index >= 15 is 0 Å². The van der Waals surface area contributed by atoms with Crippen LogP contribution in [0.25, 0.3) is 18.2 Å². The SMILES string of the molecule is O=C(O)/C=C/c1cnc(/C=C/c2nccn2CC(F)(F)F)s1. The minimum absolute atomic E-state index is 0.162. The van der Waals surface area contributed by atoms with Crippen LogP contribution in [0.1, 0.15) is 15.7 Å². The van der Waals surface area contributed by atoms with Gasteiger partial charge in [0.1, 0.15) is 17.4 Å². The number of rotatable bonds is 5. The fourth-order valence-corrected chi connectivity index (χ4v) is 2.28. The second-order valence-electron chi connectivity index (χ2n) is 4.13. The summed E-state index contributed by atoms with van der Waals surface area (Å²) in [6, 6.07) is 0. The summed E-state index contributed by atoms with van der Waals surface area (Å²) in [6.07, 6.45) is 5.02. The highest BCUT2D eigenvalue weighted by atomic mass is 32.1. The first-order valence-electron chi connectivity index (χ1n) is 5.96. The Morgan fingerprint density at radius 1 is 1.32 bits per heavy atom. The number of carbonyl (C=O) groups is 1. The van der Waals surface area contributed by atoms with Gasteiger partial charge in [-0.2, -0.15) is 13.2 Å². The molecule has 0 spiro atoms. The fourth-order valence-electron chi connectivity index (χ4n) is 1.56. The first-order chi connectivity index (χ1) is 10.3. The second kappa shape index (κ2) is 6.56. The van der Waals surface area contributed by atoms with Crippen molar-refractivity contribution in [3.63, 3.8) is 0 Å². The van der Waals surface area contributed by atoms with Gasteiger partial charge in [0.05, 0.1) is 0 Å². The molecule has 0 radical (unpaired) electrons. The van der Waals surface area contributed by atoms with Gasteiger partial charge in [-0.3, -0.25) is 0 Å². The molecule has 1 N–H and O–H groups in total. The van der Waals surface area contributed by atoms with Crippen LogP contribution in [0.15, 0.2) is 24.7 Å². The summed E-state index contributed by atoms with van der Waals surface area (Å²) in [5, 5.41) is 9.05. The fraction of sp³-hybridized carbons (Fsp3) is 0.154. The van der Waals surface area contributed by atoms with E-state index in [1.807, 2.05) is 0 Å². The predicted molar refractivity (Wildman–Crippen MR) is 76.0 cm³/mol. The van der Waals surface area contributed by atoms with Crippen molar-refractivity contribution in [2.75, 3.05) is 0 Å². The molecule has 2 rings (SSSR count). The molecule has 0 unspecified atom stereocenters. The van der Waals surface area contributed by atoms with Crippen LogP contribution in [-0.2, 0) is 11.3 Å². The third-order valence-corrected chi connectivity index (χ3v) is 3.33. The molecule has 0 saturated carbocycles. The average Bonchev–Trinajstić information content (AvgIpc) is 3.01. The summed E-state index contributed by atoms with van der Waals surface area (Å²) in [7, 11) is 0. The maximum absolute atomic E-state index is 12.4. The van der Waals surface area contributed by atoms with Gasteiger partial charge in [-0.1, -0.05) is 0 Å². The summed E-state index contributed by atoms with van der Waals surface area (Å²) in [5.41, 5.74) is 0. The zero-order valence-electron chi connectivity index (χ0n) is 11.0. The lowest BCUT2D eigenvalue weighted by Gasteiger charge is -2.08. The first-order valence-corrected chi connectivity index (χ1v) is 6.78. The average molecular weight is 329 g/mol. The van der Waals surface area contributed by atoms with Crippen molar-refractivity contribution in [1.29, 1.82) is 0 Å². The number of alkyl halides is 3. The monoisotopic (exact) mass is 329 g/mol. The van der Waals surface area contributed by atoms with Crippen LogP contribution in [0.2, 0.25) is 0 Å². The van der Waals surface area contributed by atoms with Crippen molar-refractivity contribution in [1.82, 2.24) is 14.5 Å². The van der Waals surface area contributed by atoms with Crippen molar-refractivity contribution < 1.29 is 23.1 Å². The topological polar surface area (TPSA) is 68.0 Å². The van der Waals surface area contributed by atoms with E-state index in [0.717, 1.165) is 10.6 Å². The van der Waals surface area contributed by atoms with Gasteiger partial charge in [0.2, 0.25) is 0 Å². The van der Waals surface area contributed by atoms with Crippen LogP contribution >= 0.6 is 11.3 Å². The number of hydrogen-bond donors (Lipinski definition) is 1. The van der Waals surface area contributed by atoms with Gasteiger partial charge in [-0.05, 0) is 18.2 Å². The van der Waals surface area contributed by atoms with Crippen molar-refractivity contribution in [3.05, 3.63) is 40.4 Å². The molecule has 22 heavy (non-hydrogen) atoms. The Kier molecular flexibility index (Phi) is 4.76. The third kappa shape index (κ3) is 4.85. The Morgan fingerprint density at radius 3 is 2.77 bits per heavy atom. The van der Waals surface area contributed by atoms with E-state index in [0.29, 0.717) is 9.88 Å². The molecule has 0 aromatic carbocycles. The van der Waals surface area contributed by atoms with Crippen LogP contribution in [-0.4, -0.2) is 31.8 Å². The Balaban J connectivity index is 2.10. The lowest BCUT2D eigenvalue weighted by atomic mass is 10.4. The molecule has 5 nitrogen and oxygen atoms in total. The molecule has 116 valence electrons. The van der Waals surface area contributed by atoms with Gasteiger partial charge in [0.15, 0.2) is 0 Å². The number of imidazole rings is 1. The van der Waals surface area contributed by atoms with Gasteiger partial charge in [0, 0.05) is 29.5 Å². The standard InChI is InChI=1S/C13H10F3N3O2S/c14-13(15,16)8-19-6-5-17-10(19)2-3-11-18-7-9(22-11)1-4-12(20)21/h1-7H,8H2,(H,20,21)/b3-2+,4-1+. The number of aromatic nitrogens is 3. The summed E-state index contributed by atoms with van der Waals surface area (Å²) >= 11 is 1.21. The number of aliphatic carboxylic acids is 1. The molecule has 0 bridgehead atoms. The summed E-state index contributed by atoms with van der Waals surface area (Å²) in [5.74, 6) is -0.908. The second-order valence-corrected chi connectivity index (χ2v) is 5.23. The highest BCUT2D eigenvalue weighted by Crippen LogP contribution is 2.20. The Morgan fingerprint density at radius 2 is 2.09 bits per heavy atom. The van der Waals surface area contributed by atoms with Crippen LogP contribution < -0.4 is 0 Å². The molecule has 0 aliphatic rings. The zero-order valence-corrected chi connectivity index (χ0v) is 11.8. The van der Waals surface area contributed by atoms with E-state index in [2.05, 4.69) is 9.97 Å². The van der Waals surface area contributed by atoms with Crippen molar-refractivity contribution in [2.45, 2.75) is 12.7 Å². The molecule has 0 atom stereocenters. The normalized spacial score (nSPS) is 12.5. The molecular formula is C13H10F3N3O2S. The van der Waals surface area contributed by atoms with E-state index in [1.165, 1.54) is 48.2 Å². The number of halogens is 3. The Bertz CT molecular complexity index is 716. The largest absolute Gasteiger partial charge is 0.478 e. The maximum atomic E-state index is 12.4. The van der Waals surface area contributed by atoms with E-state index in [1.54, 1.807) is 0 Å². The molecule has 0 aliphatic heterocycles. The molecule has 0 fully saturated rings. The Hall–Kier alpha value is -2.42. The smallest absolute Gasteiger partial charge is 0.406 e. The van der Waals surface area contributed by atoms with E-state index in [9.17, 15) is 18.0 Å². The van der Waals surface area contributed by atoms with Gasteiger partial charge < -0.3 is 9.67 Å². The molecular weight excluding hydrogens is 319 g/mol. The van der Waals surface area contributed by atoms with Crippen LogP contribution in [0.5, 0.6) is 0 Å². The van der Waals surface area contributed by atoms with Crippen LogP contribution in [0, 0.1) is 0 Å². The van der Waals surface area contributed by atoms with Gasteiger partial charge in [-0.15, -0.1) is 11.3 Å². The van der Waals surface area contributed by atoms with Crippen molar-refractivity contribution in [2.24, 2.45) is 0 Å².